The molecule has 0 aromatic heterocycles. The smallest absolute Gasteiger partial charge is 0.297 e. The molecule has 2 rings (SSSR count). The molecule has 0 unspecified atom stereocenters. The van der Waals surface area contributed by atoms with Gasteiger partial charge in [-0.25, -0.2) is 8.78 Å². The number of benzene rings is 1. The average molecular weight is 322 g/mol. The van der Waals surface area contributed by atoms with E-state index in [1.807, 2.05) is 0 Å². The maximum atomic E-state index is 14.4. The highest BCUT2D eigenvalue weighted by atomic mass is 32.2. The number of hydrogen-bond donors (Lipinski definition) is 0. The molecule has 118 valence electrons. The van der Waals surface area contributed by atoms with Gasteiger partial charge in [0.2, 0.25) is 0 Å². The van der Waals surface area contributed by atoms with Crippen molar-refractivity contribution in [2.75, 3.05) is 19.8 Å². The highest BCUT2D eigenvalue weighted by Gasteiger charge is 2.42. The van der Waals surface area contributed by atoms with Crippen LogP contribution in [0.3, 0.4) is 0 Å². The third-order valence-corrected chi connectivity index (χ3v) is 4.48. The lowest BCUT2D eigenvalue weighted by molar-refractivity contribution is -0.118. The van der Waals surface area contributed by atoms with Crippen LogP contribution in [0.25, 0.3) is 0 Å². The second-order valence-electron chi connectivity index (χ2n) is 4.96. The summed E-state index contributed by atoms with van der Waals surface area (Å²) in [4.78, 5) is -0.366. The fourth-order valence-electron chi connectivity index (χ4n) is 2.01. The topological polar surface area (TPSA) is 52.6 Å². The lowest BCUT2D eigenvalue weighted by atomic mass is 9.93. The SMILES string of the molecule is [2H]C([2H])(OS(=O)(=O)c1ccc(C)cc1)C(F)(F)C1CCOCC1. The average Bonchev–Trinajstić information content (AvgIpc) is 2.47. The van der Waals surface area contributed by atoms with E-state index in [0.717, 1.165) is 5.56 Å². The van der Waals surface area contributed by atoms with Gasteiger partial charge in [-0.1, -0.05) is 17.7 Å². The predicted octanol–water partition coefficient (Wildman–Crippen LogP) is 2.76. The van der Waals surface area contributed by atoms with Crippen LogP contribution in [0.5, 0.6) is 0 Å². The fraction of sp³-hybridized carbons (Fsp3) is 0.571. The zero-order valence-electron chi connectivity index (χ0n) is 13.5. The van der Waals surface area contributed by atoms with E-state index < -0.39 is 28.5 Å². The van der Waals surface area contributed by atoms with E-state index in [4.69, 9.17) is 7.48 Å². The van der Waals surface area contributed by atoms with E-state index in [1.54, 1.807) is 6.92 Å². The number of alkyl halides is 2. The monoisotopic (exact) mass is 322 g/mol. The van der Waals surface area contributed by atoms with E-state index in [2.05, 4.69) is 4.18 Å². The minimum Gasteiger partial charge on any atom is -0.381 e. The van der Waals surface area contributed by atoms with Crippen molar-refractivity contribution in [3.63, 3.8) is 0 Å². The van der Waals surface area contributed by atoms with Gasteiger partial charge in [-0.2, -0.15) is 8.42 Å². The zero-order chi connectivity index (χ0) is 17.3. The van der Waals surface area contributed by atoms with Crippen LogP contribution in [0.2, 0.25) is 0 Å². The van der Waals surface area contributed by atoms with Gasteiger partial charge < -0.3 is 4.74 Å². The van der Waals surface area contributed by atoms with Crippen molar-refractivity contribution in [2.45, 2.75) is 30.6 Å². The molecule has 0 bridgehead atoms. The number of hydrogen-bond acceptors (Lipinski definition) is 4. The summed E-state index contributed by atoms with van der Waals surface area (Å²) in [5.41, 5.74) is 0.777. The van der Waals surface area contributed by atoms with Crippen molar-refractivity contribution >= 4 is 10.1 Å². The maximum absolute atomic E-state index is 14.4. The largest absolute Gasteiger partial charge is 0.381 e. The van der Waals surface area contributed by atoms with Crippen molar-refractivity contribution in [3.05, 3.63) is 29.8 Å². The van der Waals surface area contributed by atoms with Crippen LogP contribution in [0.4, 0.5) is 8.78 Å². The van der Waals surface area contributed by atoms with Gasteiger partial charge in [0, 0.05) is 19.1 Å². The highest BCUT2D eigenvalue weighted by molar-refractivity contribution is 7.86. The summed E-state index contributed by atoms with van der Waals surface area (Å²) < 4.78 is 77.1. The lowest BCUT2D eigenvalue weighted by Gasteiger charge is -2.29. The van der Waals surface area contributed by atoms with Gasteiger partial charge in [0.1, 0.15) is 6.56 Å². The molecule has 0 spiro atoms. The van der Waals surface area contributed by atoms with Crippen LogP contribution in [-0.4, -0.2) is 34.1 Å². The molecule has 1 aliphatic heterocycles. The Balaban J connectivity index is 2.23. The van der Waals surface area contributed by atoms with Crippen LogP contribution in [0.15, 0.2) is 29.2 Å². The van der Waals surface area contributed by atoms with Crippen LogP contribution in [0.1, 0.15) is 21.1 Å². The third-order valence-electron chi connectivity index (χ3n) is 3.33. The predicted molar refractivity (Wildman–Crippen MR) is 72.8 cm³/mol. The van der Waals surface area contributed by atoms with Crippen molar-refractivity contribution in [1.29, 1.82) is 0 Å². The van der Waals surface area contributed by atoms with Crippen LogP contribution >= 0.6 is 0 Å². The highest BCUT2D eigenvalue weighted by Crippen LogP contribution is 2.33. The Bertz CT molecular complexity index is 641. The summed E-state index contributed by atoms with van der Waals surface area (Å²) in [6, 6.07) is 5.32. The zero-order valence-corrected chi connectivity index (χ0v) is 12.3. The molecule has 1 aromatic carbocycles. The van der Waals surface area contributed by atoms with Crippen molar-refractivity contribution in [2.24, 2.45) is 5.92 Å². The summed E-state index contributed by atoms with van der Waals surface area (Å²) in [5, 5.41) is 0. The number of halogens is 2. The molecule has 1 aliphatic rings. The summed E-state index contributed by atoms with van der Waals surface area (Å²) in [5.74, 6) is -5.28. The second kappa shape index (κ2) is 6.37. The van der Waals surface area contributed by atoms with Gasteiger partial charge in [0.15, 0.2) is 0 Å². The molecule has 0 radical (unpaired) electrons. The van der Waals surface area contributed by atoms with Crippen molar-refractivity contribution in [1.82, 2.24) is 0 Å². The molecule has 1 saturated heterocycles. The van der Waals surface area contributed by atoms with Gasteiger partial charge in [0.05, 0.1) is 7.64 Å². The summed E-state index contributed by atoms with van der Waals surface area (Å²) in [6.45, 7) is -1.74. The quantitative estimate of drug-likeness (QED) is 0.782. The molecule has 1 fully saturated rings. The van der Waals surface area contributed by atoms with E-state index in [1.165, 1.54) is 24.3 Å². The Labute approximate surface area is 126 Å². The van der Waals surface area contributed by atoms with Gasteiger partial charge >= 0.3 is 0 Å². The van der Waals surface area contributed by atoms with E-state index in [9.17, 15) is 17.2 Å². The first kappa shape index (κ1) is 13.6. The molecule has 4 nitrogen and oxygen atoms in total. The van der Waals surface area contributed by atoms with Gasteiger partial charge in [-0.3, -0.25) is 4.18 Å². The Hall–Kier alpha value is -1.05. The van der Waals surface area contributed by atoms with Crippen LogP contribution in [0, 0.1) is 12.8 Å². The van der Waals surface area contributed by atoms with Gasteiger partial charge in [0.25, 0.3) is 16.0 Å². The Morgan fingerprint density at radius 1 is 1.33 bits per heavy atom. The first-order valence-electron chi connectivity index (χ1n) is 7.54. The van der Waals surface area contributed by atoms with Gasteiger partial charge in [-0.15, -0.1) is 0 Å². The first-order chi connectivity index (χ1) is 10.6. The molecule has 0 amide bonds. The van der Waals surface area contributed by atoms with Crippen LogP contribution < -0.4 is 0 Å². The molecule has 0 saturated carbocycles. The minimum atomic E-state index is -4.64. The van der Waals surface area contributed by atoms with Crippen molar-refractivity contribution < 1.29 is 28.9 Å². The molecular weight excluding hydrogens is 302 g/mol. The fourth-order valence-corrected chi connectivity index (χ4v) is 2.79. The summed E-state index contributed by atoms with van der Waals surface area (Å²) in [6.07, 6.45) is -0.110. The molecule has 1 aromatic rings. The second-order valence-corrected chi connectivity index (χ2v) is 6.51. The molecule has 7 heteroatoms. The molecule has 0 N–H and O–H groups in total. The minimum absolute atomic E-state index is 0.0551. The standard InChI is InChI=1S/C14H18F2O4S/c1-11-2-4-13(5-3-11)21(17,18)20-10-14(15,16)12-6-8-19-9-7-12/h2-5,12H,6-10H2,1H3/i10D2. The van der Waals surface area contributed by atoms with E-state index in [0.29, 0.717) is 0 Å². The van der Waals surface area contributed by atoms with Crippen molar-refractivity contribution in [3.8, 4) is 0 Å². The van der Waals surface area contributed by atoms with E-state index in [-0.39, 0.29) is 31.0 Å². The van der Waals surface area contributed by atoms with Gasteiger partial charge in [-0.05, 0) is 31.9 Å². The number of rotatable bonds is 5. The van der Waals surface area contributed by atoms with Crippen LogP contribution in [-0.2, 0) is 19.0 Å². The Morgan fingerprint density at radius 2 is 1.90 bits per heavy atom. The molecule has 1 heterocycles. The summed E-state index contributed by atoms with van der Waals surface area (Å²) in [7, 11) is -4.64. The number of aryl methyl sites for hydroxylation is 1. The lowest BCUT2D eigenvalue weighted by Crippen LogP contribution is -2.38. The normalized spacial score (nSPS) is 20.0. The molecule has 21 heavy (non-hydrogen) atoms. The summed E-state index contributed by atoms with van der Waals surface area (Å²) >= 11 is 0. The third kappa shape index (κ3) is 4.21. The first-order valence-corrected chi connectivity index (χ1v) is 7.95. The maximum Gasteiger partial charge on any atom is 0.297 e. The Morgan fingerprint density at radius 3 is 2.48 bits per heavy atom. The van der Waals surface area contributed by atoms with E-state index >= 15 is 0 Å². The molecular formula is C14H18F2O4S. The molecule has 0 aliphatic carbocycles. The number of ether oxygens (including phenoxy) is 1. The molecule has 0 atom stereocenters. The Kier molecular flexibility index (Phi) is 4.13.